The Bertz CT molecular complexity index is 630. The van der Waals surface area contributed by atoms with Crippen molar-refractivity contribution in [3.63, 3.8) is 0 Å². The van der Waals surface area contributed by atoms with Gasteiger partial charge in [-0.2, -0.15) is 5.10 Å². The Labute approximate surface area is 125 Å². The summed E-state index contributed by atoms with van der Waals surface area (Å²) in [6, 6.07) is 6.30. The van der Waals surface area contributed by atoms with Crippen LogP contribution in [0.2, 0.25) is 5.02 Å². The lowest BCUT2D eigenvalue weighted by Crippen LogP contribution is -2.42. The Morgan fingerprint density at radius 3 is 2.71 bits per heavy atom. The van der Waals surface area contributed by atoms with E-state index in [1.807, 2.05) is 0 Å². The van der Waals surface area contributed by atoms with Crippen LogP contribution in [0.3, 0.4) is 0 Å². The summed E-state index contributed by atoms with van der Waals surface area (Å²) >= 11 is 5.86. The number of anilines is 1. The third-order valence-corrected chi connectivity index (χ3v) is 3.04. The van der Waals surface area contributed by atoms with Crippen LogP contribution in [-0.4, -0.2) is 35.1 Å². The zero-order valence-electron chi connectivity index (χ0n) is 10.9. The molecule has 1 aromatic rings. The minimum absolute atomic E-state index is 0.107. The van der Waals surface area contributed by atoms with Gasteiger partial charge in [0.05, 0.1) is 0 Å². The molecule has 1 aliphatic heterocycles. The lowest BCUT2D eigenvalue weighted by atomic mass is 10.1. The van der Waals surface area contributed by atoms with Crippen molar-refractivity contribution in [1.82, 2.24) is 5.43 Å². The maximum absolute atomic E-state index is 12.4. The normalized spacial score (nSPS) is 14.1. The topological polar surface area (TPSA) is 99.1 Å². The number of carbonyl (C=O) groups excluding carboxylic acids is 2. The highest BCUT2D eigenvalue weighted by molar-refractivity contribution is 6.44. The molecular formula is C13H12ClN3O4. The number of carboxylic acids is 1. The number of benzene rings is 1. The molecule has 0 aromatic heterocycles. The number of nitrogens with zero attached hydrogens (tertiary/aromatic N) is 2. The highest BCUT2D eigenvalue weighted by atomic mass is 35.5. The molecule has 0 fully saturated rings. The van der Waals surface area contributed by atoms with Gasteiger partial charge in [-0.15, -0.1) is 0 Å². The molecule has 110 valence electrons. The van der Waals surface area contributed by atoms with Gasteiger partial charge in [-0.25, -0.2) is 5.43 Å². The van der Waals surface area contributed by atoms with Crippen molar-refractivity contribution in [2.75, 3.05) is 11.4 Å². The first-order chi connectivity index (χ1) is 9.97. The SMILES string of the molecule is O=C(O)CN(C(=O)C1=NNC(=O)CC1)c1cccc(Cl)c1. The van der Waals surface area contributed by atoms with E-state index in [9.17, 15) is 14.4 Å². The second kappa shape index (κ2) is 6.36. The Morgan fingerprint density at radius 1 is 1.38 bits per heavy atom. The lowest BCUT2D eigenvalue weighted by molar-refractivity contribution is -0.136. The van der Waals surface area contributed by atoms with Crippen molar-refractivity contribution in [2.45, 2.75) is 12.8 Å². The molecular weight excluding hydrogens is 298 g/mol. The summed E-state index contributed by atoms with van der Waals surface area (Å²) in [5.41, 5.74) is 2.68. The Morgan fingerprint density at radius 2 is 2.14 bits per heavy atom. The van der Waals surface area contributed by atoms with Gasteiger partial charge in [-0.3, -0.25) is 19.3 Å². The van der Waals surface area contributed by atoms with Gasteiger partial charge in [-0.05, 0) is 18.2 Å². The van der Waals surface area contributed by atoms with Crippen molar-refractivity contribution < 1.29 is 19.5 Å². The second-order valence-corrected chi connectivity index (χ2v) is 4.79. The summed E-state index contributed by atoms with van der Waals surface area (Å²) in [7, 11) is 0. The van der Waals surface area contributed by atoms with Gasteiger partial charge in [0.1, 0.15) is 12.3 Å². The molecule has 7 nitrogen and oxygen atoms in total. The van der Waals surface area contributed by atoms with Crippen LogP contribution < -0.4 is 10.3 Å². The number of hydrazone groups is 1. The van der Waals surface area contributed by atoms with Crippen molar-refractivity contribution >= 4 is 40.8 Å². The predicted molar refractivity (Wildman–Crippen MR) is 76.3 cm³/mol. The summed E-state index contributed by atoms with van der Waals surface area (Å²) in [4.78, 5) is 35.5. The van der Waals surface area contributed by atoms with E-state index in [-0.39, 0.29) is 24.5 Å². The Hall–Kier alpha value is -2.41. The van der Waals surface area contributed by atoms with E-state index in [1.165, 1.54) is 6.07 Å². The summed E-state index contributed by atoms with van der Waals surface area (Å²) in [5.74, 6) is -2.01. The standard InChI is InChI=1S/C13H12ClN3O4/c14-8-2-1-3-9(6-8)17(7-12(19)20)13(21)10-4-5-11(18)16-15-10/h1-3,6H,4-5,7H2,(H,16,18)(H,19,20). The number of halogens is 1. The van der Waals surface area contributed by atoms with Crippen molar-refractivity contribution in [2.24, 2.45) is 5.10 Å². The third kappa shape index (κ3) is 3.79. The van der Waals surface area contributed by atoms with E-state index in [1.54, 1.807) is 18.2 Å². The molecule has 2 N–H and O–H groups in total. The predicted octanol–water partition coefficient (Wildman–Crippen LogP) is 1.02. The first-order valence-corrected chi connectivity index (χ1v) is 6.50. The minimum Gasteiger partial charge on any atom is -0.480 e. The number of aliphatic carboxylic acids is 1. The number of carboxylic acid groups (broad SMARTS) is 1. The van der Waals surface area contributed by atoms with Crippen LogP contribution in [0.15, 0.2) is 29.4 Å². The first kappa shape index (κ1) is 15.0. The second-order valence-electron chi connectivity index (χ2n) is 4.36. The molecule has 1 aliphatic rings. The minimum atomic E-state index is -1.16. The van der Waals surface area contributed by atoms with Crippen LogP contribution >= 0.6 is 11.6 Å². The number of amides is 2. The van der Waals surface area contributed by atoms with E-state index in [2.05, 4.69) is 10.5 Å². The smallest absolute Gasteiger partial charge is 0.323 e. The monoisotopic (exact) mass is 309 g/mol. The highest BCUT2D eigenvalue weighted by Gasteiger charge is 2.26. The molecule has 1 heterocycles. The van der Waals surface area contributed by atoms with Gasteiger partial charge in [0, 0.05) is 23.6 Å². The average molecular weight is 310 g/mol. The maximum atomic E-state index is 12.4. The zero-order chi connectivity index (χ0) is 15.4. The van der Waals surface area contributed by atoms with Crippen LogP contribution in [0.1, 0.15) is 12.8 Å². The van der Waals surface area contributed by atoms with Gasteiger partial charge in [0.15, 0.2) is 0 Å². The molecule has 0 radical (unpaired) electrons. The molecule has 0 saturated heterocycles. The van der Waals surface area contributed by atoms with E-state index in [0.29, 0.717) is 10.7 Å². The third-order valence-electron chi connectivity index (χ3n) is 2.81. The van der Waals surface area contributed by atoms with Gasteiger partial charge in [-0.1, -0.05) is 17.7 Å². The molecule has 21 heavy (non-hydrogen) atoms. The molecule has 0 atom stereocenters. The first-order valence-electron chi connectivity index (χ1n) is 6.12. The summed E-state index contributed by atoms with van der Waals surface area (Å²) in [5, 5.41) is 13.0. The van der Waals surface area contributed by atoms with E-state index in [0.717, 1.165) is 4.90 Å². The lowest BCUT2D eigenvalue weighted by Gasteiger charge is -2.23. The van der Waals surface area contributed by atoms with Gasteiger partial charge >= 0.3 is 5.97 Å². The molecule has 0 aliphatic carbocycles. The van der Waals surface area contributed by atoms with Gasteiger partial charge in [0.25, 0.3) is 5.91 Å². The summed E-state index contributed by atoms with van der Waals surface area (Å²) in [6.07, 6.45) is 0.308. The molecule has 0 bridgehead atoms. The molecule has 0 spiro atoms. The fraction of sp³-hybridized carbons (Fsp3) is 0.231. The average Bonchev–Trinajstić information content (AvgIpc) is 2.44. The van der Waals surface area contributed by atoms with Crippen molar-refractivity contribution in [1.29, 1.82) is 0 Å². The van der Waals surface area contributed by atoms with Gasteiger partial charge in [0.2, 0.25) is 5.91 Å². The van der Waals surface area contributed by atoms with Crippen LogP contribution in [0.25, 0.3) is 0 Å². The van der Waals surface area contributed by atoms with E-state index < -0.39 is 18.4 Å². The van der Waals surface area contributed by atoms with Crippen LogP contribution in [-0.2, 0) is 14.4 Å². The molecule has 8 heteroatoms. The number of hydrogen-bond acceptors (Lipinski definition) is 4. The quantitative estimate of drug-likeness (QED) is 0.867. The van der Waals surface area contributed by atoms with Crippen LogP contribution in [0, 0.1) is 0 Å². The molecule has 2 amide bonds. The molecule has 0 unspecified atom stereocenters. The molecule has 1 aromatic carbocycles. The largest absolute Gasteiger partial charge is 0.480 e. The Balaban J connectivity index is 2.29. The van der Waals surface area contributed by atoms with Crippen molar-refractivity contribution in [3.8, 4) is 0 Å². The Kier molecular flexibility index (Phi) is 4.54. The number of carbonyl (C=O) groups is 3. The zero-order valence-corrected chi connectivity index (χ0v) is 11.6. The fourth-order valence-corrected chi connectivity index (χ4v) is 2.03. The highest BCUT2D eigenvalue weighted by Crippen LogP contribution is 2.20. The molecule has 0 saturated carbocycles. The van der Waals surface area contributed by atoms with Gasteiger partial charge < -0.3 is 5.11 Å². The van der Waals surface area contributed by atoms with E-state index in [4.69, 9.17) is 16.7 Å². The number of hydrogen-bond donors (Lipinski definition) is 2. The van der Waals surface area contributed by atoms with Crippen molar-refractivity contribution in [3.05, 3.63) is 29.3 Å². The van der Waals surface area contributed by atoms with E-state index >= 15 is 0 Å². The van der Waals surface area contributed by atoms with Crippen LogP contribution in [0.5, 0.6) is 0 Å². The van der Waals surface area contributed by atoms with Crippen LogP contribution in [0.4, 0.5) is 5.69 Å². The molecule has 2 rings (SSSR count). The fourth-order valence-electron chi connectivity index (χ4n) is 1.84. The number of rotatable bonds is 4. The summed E-state index contributed by atoms with van der Waals surface area (Å²) in [6.45, 7) is -0.522. The number of nitrogens with one attached hydrogen (secondary N) is 1. The maximum Gasteiger partial charge on any atom is 0.323 e. The summed E-state index contributed by atoms with van der Waals surface area (Å²) < 4.78 is 0.